The molecular weight excluding hydrogens is 266 g/mol. The van der Waals surface area contributed by atoms with Crippen molar-refractivity contribution < 1.29 is 8.94 Å². The van der Waals surface area contributed by atoms with Crippen LogP contribution in [0.2, 0.25) is 0 Å². The number of nitrogens with two attached hydrogens (primary N) is 1. The minimum Gasteiger partial charge on any atom is -0.454 e. The van der Waals surface area contributed by atoms with Crippen molar-refractivity contribution in [1.29, 1.82) is 0 Å². The molecule has 0 radical (unpaired) electrons. The molecule has 0 aliphatic carbocycles. The molecule has 4 rings (SSSR count). The van der Waals surface area contributed by atoms with Crippen LogP contribution in [0.3, 0.4) is 0 Å². The molecule has 5 nitrogen and oxygen atoms in total. The number of pyridine rings is 1. The van der Waals surface area contributed by atoms with Gasteiger partial charge in [0.1, 0.15) is 5.58 Å². The molecule has 0 atom stereocenters. The Hall–Kier alpha value is -3.08. The summed E-state index contributed by atoms with van der Waals surface area (Å²) in [4.78, 5) is 4.01. The van der Waals surface area contributed by atoms with E-state index in [4.69, 9.17) is 14.7 Å². The number of para-hydroxylation sites is 1. The van der Waals surface area contributed by atoms with Crippen molar-refractivity contribution in [3.05, 3.63) is 54.9 Å². The average molecular weight is 277 g/mol. The monoisotopic (exact) mass is 277 g/mol. The predicted octanol–water partition coefficient (Wildman–Crippen LogP) is 3.73. The van der Waals surface area contributed by atoms with E-state index in [1.807, 2.05) is 42.5 Å². The fourth-order valence-corrected chi connectivity index (χ4v) is 2.37. The number of nitrogens with zero attached hydrogens (tertiary/aromatic N) is 2. The minimum absolute atomic E-state index is 0.261. The van der Waals surface area contributed by atoms with Gasteiger partial charge in [0.05, 0.1) is 5.56 Å². The molecule has 0 saturated heterocycles. The van der Waals surface area contributed by atoms with E-state index in [1.165, 1.54) is 0 Å². The largest absolute Gasteiger partial charge is 0.454 e. The van der Waals surface area contributed by atoms with Gasteiger partial charge < -0.3 is 14.7 Å². The summed E-state index contributed by atoms with van der Waals surface area (Å²) in [6, 6.07) is 13.4. The third-order valence-electron chi connectivity index (χ3n) is 3.35. The Bertz CT molecular complexity index is 877. The molecule has 4 aromatic rings. The summed E-state index contributed by atoms with van der Waals surface area (Å²) in [6.07, 6.45) is 3.40. The van der Waals surface area contributed by atoms with Gasteiger partial charge in [-0.05, 0) is 29.8 Å². The van der Waals surface area contributed by atoms with Crippen molar-refractivity contribution in [3.8, 4) is 22.6 Å². The summed E-state index contributed by atoms with van der Waals surface area (Å²) in [5.41, 5.74) is 8.91. The van der Waals surface area contributed by atoms with Gasteiger partial charge in [-0.1, -0.05) is 23.4 Å². The lowest BCUT2D eigenvalue weighted by atomic mass is 10.1. The van der Waals surface area contributed by atoms with E-state index < -0.39 is 0 Å². The fourth-order valence-electron chi connectivity index (χ4n) is 2.37. The number of benzene rings is 1. The van der Waals surface area contributed by atoms with Crippen molar-refractivity contribution >= 4 is 16.9 Å². The van der Waals surface area contributed by atoms with Crippen molar-refractivity contribution in [2.75, 3.05) is 5.73 Å². The Kier molecular flexibility index (Phi) is 2.50. The van der Waals surface area contributed by atoms with Crippen LogP contribution in [-0.2, 0) is 0 Å². The predicted molar refractivity (Wildman–Crippen MR) is 79.4 cm³/mol. The zero-order chi connectivity index (χ0) is 14.2. The van der Waals surface area contributed by atoms with Crippen LogP contribution in [0, 0.1) is 0 Å². The Morgan fingerprint density at radius 1 is 1.00 bits per heavy atom. The first-order valence-electron chi connectivity index (χ1n) is 6.47. The molecule has 0 aliphatic rings. The Balaban J connectivity index is 1.93. The first kappa shape index (κ1) is 11.7. The summed E-state index contributed by atoms with van der Waals surface area (Å²) < 4.78 is 11.0. The number of nitrogen functional groups attached to an aromatic ring is 1. The summed E-state index contributed by atoms with van der Waals surface area (Å²) >= 11 is 0. The van der Waals surface area contributed by atoms with Gasteiger partial charge in [0.2, 0.25) is 5.88 Å². The molecule has 3 heterocycles. The maximum atomic E-state index is 5.91. The molecule has 102 valence electrons. The first-order chi connectivity index (χ1) is 10.3. The highest BCUT2D eigenvalue weighted by Crippen LogP contribution is 2.37. The van der Waals surface area contributed by atoms with Gasteiger partial charge in [0.15, 0.2) is 11.5 Å². The van der Waals surface area contributed by atoms with Gasteiger partial charge in [0, 0.05) is 17.8 Å². The molecule has 5 heteroatoms. The van der Waals surface area contributed by atoms with Crippen molar-refractivity contribution in [2.24, 2.45) is 0 Å². The van der Waals surface area contributed by atoms with Crippen molar-refractivity contribution in [3.63, 3.8) is 0 Å². The zero-order valence-corrected chi connectivity index (χ0v) is 11.0. The molecule has 0 bridgehead atoms. The molecule has 0 aliphatic heterocycles. The third-order valence-corrected chi connectivity index (χ3v) is 3.35. The van der Waals surface area contributed by atoms with Gasteiger partial charge in [-0.15, -0.1) is 0 Å². The van der Waals surface area contributed by atoms with Gasteiger partial charge in [-0.25, -0.2) is 0 Å². The van der Waals surface area contributed by atoms with E-state index in [1.54, 1.807) is 12.4 Å². The van der Waals surface area contributed by atoms with Crippen LogP contribution in [0.25, 0.3) is 33.6 Å². The van der Waals surface area contributed by atoms with Crippen LogP contribution >= 0.6 is 0 Å². The molecule has 2 N–H and O–H groups in total. The zero-order valence-electron chi connectivity index (χ0n) is 11.0. The second kappa shape index (κ2) is 4.49. The molecule has 0 fully saturated rings. The highest BCUT2D eigenvalue weighted by Gasteiger charge is 2.20. The van der Waals surface area contributed by atoms with E-state index >= 15 is 0 Å². The molecule has 0 amide bonds. The summed E-state index contributed by atoms with van der Waals surface area (Å²) in [7, 11) is 0. The molecule has 21 heavy (non-hydrogen) atoms. The van der Waals surface area contributed by atoms with Crippen LogP contribution in [0.5, 0.6) is 0 Å². The second-order valence-electron chi connectivity index (χ2n) is 4.65. The number of hydrogen-bond donors (Lipinski definition) is 1. The molecule has 0 spiro atoms. The maximum absolute atomic E-state index is 5.91. The minimum atomic E-state index is 0.261. The first-order valence-corrected chi connectivity index (χ1v) is 6.47. The number of aromatic nitrogens is 2. The standard InChI is InChI=1S/C16H11N3O2/c17-16-14(10-5-7-18-8-6-10)15(19-21-16)13-9-11-3-1-2-4-12(11)20-13/h1-9H,17H2. The van der Waals surface area contributed by atoms with Gasteiger partial charge >= 0.3 is 0 Å². The Labute approximate surface area is 120 Å². The maximum Gasteiger partial charge on any atom is 0.230 e. The SMILES string of the molecule is Nc1onc(-c2cc3ccccc3o2)c1-c1ccncc1. The average Bonchev–Trinajstić information content (AvgIpc) is 3.11. The normalized spacial score (nSPS) is 11.0. The lowest BCUT2D eigenvalue weighted by molar-refractivity contribution is 0.436. The topological polar surface area (TPSA) is 78.1 Å². The Morgan fingerprint density at radius 2 is 1.81 bits per heavy atom. The summed E-state index contributed by atoms with van der Waals surface area (Å²) in [5, 5.41) is 5.05. The number of rotatable bonds is 2. The number of furan rings is 1. The van der Waals surface area contributed by atoms with Crippen LogP contribution < -0.4 is 5.73 Å². The number of fused-ring (bicyclic) bond motifs is 1. The number of anilines is 1. The molecule has 0 unspecified atom stereocenters. The van der Waals surface area contributed by atoms with Gasteiger partial charge in [0.25, 0.3) is 0 Å². The van der Waals surface area contributed by atoms with E-state index in [0.29, 0.717) is 11.5 Å². The molecule has 3 aromatic heterocycles. The van der Waals surface area contributed by atoms with Crippen LogP contribution in [0.4, 0.5) is 5.88 Å². The van der Waals surface area contributed by atoms with Crippen molar-refractivity contribution in [1.82, 2.24) is 10.1 Å². The highest BCUT2D eigenvalue weighted by molar-refractivity contribution is 5.89. The number of hydrogen-bond acceptors (Lipinski definition) is 5. The van der Waals surface area contributed by atoms with Gasteiger partial charge in [-0.3, -0.25) is 4.98 Å². The second-order valence-corrected chi connectivity index (χ2v) is 4.65. The van der Waals surface area contributed by atoms with Crippen LogP contribution in [0.1, 0.15) is 0 Å². The highest BCUT2D eigenvalue weighted by atomic mass is 16.5. The summed E-state index contributed by atoms with van der Waals surface area (Å²) in [6.45, 7) is 0. The van der Waals surface area contributed by atoms with E-state index in [9.17, 15) is 0 Å². The third kappa shape index (κ3) is 1.87. The molecule has 1 aromatic carbocycles. The summed E-state index contributed by atoms with van der Waals surface area (Å²) in [5.74, 6) is 0.889. The lowest BCUT2D eigenvalue weighted by Gasteiger charge is -1.99. The lowest BCUT2D eigenvalue weighted by Crippen LogP contribution is -1.87. The van der Waals surface area contributed by atoms with Crippen LogP contribution in [0.15, 0.2) is 63.8 Å². The van der Waals surface area contributed by atoms with E-state index in [-0.39, 0.29) is 5.88 Å². The van der Waals surface area contributed by atoms with E-state index in [0.717, 1.165) is 22.1 Å². The smallest absolute Gasteiger partial charge is 0.230 e. The molecular formula is C16H11N3O2. The Morgan fingerprint density at radius 3 is 2.62 bits per heavy atom. The fraction of sp³-hybridized carbons (Fsp3) is 0. The van der Waals surface area contributed by atoms with Crippen molar-refractivity contribution in [2.45, 2.75) is 0 Å². The van der Waals surface area contributed by atoms with E-state index in [2.05, 4.69) is 10.1 Å². The van der Waals surface area contributed by atoms with Crippen LogP contribution in [-0.4, -0.2) is 10.1 Å². The molecule has 0 saturated carbocycles. The van der Waals surface area contributed by atoms with Gasteiger partial charge in [-0.2, -0.15) is 0 Å². The quantitative estimate of drug-likeness (QED) is 0.604.